The number of ether oxygens (including phenoxy) is 1. The van der Waals surface area contributed by atoms with E-state index in [1.165, 1.54) is 18.3 Å². The molecule has 0 radical (unpaired) electrons. The largest absolute Gasteiger partial charge is 0.468 e. The Labute approximate surface area is 160 Å². The molecule has 2 aromatic heterocycles. The molecule has 1 aliphatic heterocycles. The van der Waals surface area contributed by atoms with Crippen LogP contribution in [0.15, 0.2) is 42.9 Å². The van der Waals surface area contributed by atoms with Crippen LogP contribution in [0.1, 0.15) is 22.0 Å². The highest BCUT2D eigenvalue weighted by Crippen LogP contribution is 2.24. The molecule has 1 fully saturated rings. The van der Waals surface area contributed by atoms with E-state index in [0.29, 0.717) is 25.2 Å². The van der Waals surface area contributed by atoms with Gasteiger partial charge in [-0.05, 0) is 17.7 Å². The smallest absolute Gasteiger partial charge is 0.422 e. The molecule has 0 aromatic carbocycles. The van der Waals surface area contributed by atoms with Crippen LogP contribution in [0.2, 0.25) is 0 Å². The van der Waals surface area contributed by atoms with Crippen molar-refractivity contribution in [1.82, 2.24) is 20.2 Å². The van der Waals surface area contributed by atoms with Crippen LogP contribution in [-0.2, 0) is 0 Å². The second kappa shape index (κ2) is 9.01. The molecule has 6 nitrogen and oxygen atoms in total. The van der Waals surface area contributed by atoms with Crippen LogP contribution in [-0.4, -0.2) is 53.2 Å². The van der Waals surface area contributed by atoms with Crippen molar-refractivity contribution in [3.8, 4) is 5.88 Å². The van der Waals surface area contributed by atoms with Gasteiger partial charge >= 0.3 is 6.18 Å². The van der Waals surface area contributed by atoms with Crippen LogP contribution in [0.25, 0.3) is 0 Å². The second-order valence-corrected chi connectivity index (χ2v) is 5.79. The van der Waals surface area contributed by atoms with Gasteiger partial charge < -0.3 is 15.0 Å². The SMILES string of the molecule is Cl.O=C(c1ccc(OCC(F)(F)F)nc1)N1CCNCC1c1cccnc1. The summed E-state index contributed by atoms with van der Waals surface area (Å²) in [5, 5.41) is 3.25. The zero-order valence-electron chi connectivity index (χ0n) is 14.1. The maximum absolute atomic E-state index is 12.8. The molecule has 1 unspecified atom stereocenters. The number of hydrogen-bond donors (Lipinski definition) is 1. The van der Waals surface area contributed by atoms with Crippen LogP contribution in [0.4, 0.5) is 13.2 Å². The average molecular weight is 403 g/mol. The quantitative estimate of drug-likeness (QED) is 0.851. The van der Waals surface area contributed by atoms with Crippen LogP contribution in [0, 0.1) is 0 Å². The zero-order valence-corrected chi connectivity index (χ0v) is 15.0. The Kier molecular flexibility index (Phi) is 6.98. The van der Waals surface area contributed by atoms with Gasteiger partial charge in [-0.2, -0.15) is 13.2 Å². The first-order valence-electron chi connectivity index (χ1n) is 8.01. The summed E-state index contributed by atoms with van der Waals surface area (Å²) < 4.78 is 41.1. The second-order valence-electron chi connectivity index (χ2n) is 5.79. The van der Waals surface area contributed by atoms with E-state index < -0.39 is 12.8 Å². The van der Waals surface area contributed by atoms with Gasteiger partial charge in [0.25, 0.3) is 5.91 Å². The molecule has 2 aromatic rings. The molecule has 3 rings (SSSR count). The third kappa shape index (κ3) is 5.54. The van der Waals surface area contributed by atoms with Crippen molar-refractivity contribution >= 4 is 18.3 Å². The van der Waals surface area contributed by atoms with Crippen molar-refractivity contribution in [1.29, 1.82) is 0 Å². The van der Waals surface area contributed by atoms with Crippen LogP contribution >= 0.6 is 12.4 Å². The lowest BCUT2D eigenvalue weighted by Crippen LogP contribution is -2.48. The lowest BCUT2D eigenvalue weighted by atomic mass is 10.0. The molecule has 1 atom stereocenters. The molecule has 27 heavy (non-hydrogen) atoms. The first-order valence-corrected chi connectivity index (χ1v) is 8.01. The fourth-order valence-electron chi connectivity index (χ4n) is 2.73. The van der Waals surface area contributed by atoms with E-state index in [1.807, 2.05) is 6.07 Å². The Morgan fingerprint density at radius 1 is 1.30 bits per heavy atom. The third-order valence-electron chi connectivity index (χ3n) is 3.94. The molecular formula is C17H18ClF3N4O2. The topological polar surface area (TPSA) is 67.3 Å². The Hall–Kier alpha value is -2.39. The molecule has 1 aliphatic rings. The molecule has 0 aliphatic carbocycles. The van der Waals surface area contributed by atoms with E-state index in [0.717, 1.165) is 5.56 Å². The normalized spacial score (nSPS) is 17.1. The van der Waals surface area contributed by atoms with Crippen molar-refractivity contribution < 1.29 is 22.7 Å². The summed E-state index contributed by atoms with van der Waals surface area (Å²) in [4.78, 5) is 22.4. The first kappa shape index (κ1) is 20.9. The van der Waals surface area contributed by atoms with Crippen molar-refractivity contribution in [2.75, 3.05) is 26.2 Å². The number of carbonyl (C=O) groups is 1. The fourth-order valence-corrected chi connectivity index (χ4v) is 2.73. The van der Waals surface area contributed by atoms with Crippen molar-refractivity contribution in [3.63, 3.8) is 0 Å². The standard InChI is InChI=1S/C17H17F3N4O2.ClH/c18-17(19,20)11-26-15-4-3-13(9-23-15)16(25)24-7-6-22-10-14(24)12-2-1-5-21-8-12;/h1-5,8-9,14,22H,6-7,10-11H2;1H. The number of nitrogens with one attached hydrogen (secondary N) is 1. The van der Waals surface area contributed by atoms with Crippen molar-refractivity contribution in [3.05, 3.63) is 54.0 Å². The van der Waals surface area contributed by atoms with Gasteiger partial charge in [-0.1, -0.05) is 6.07 Å². The van der Waals surface area contributed by atoms with Gasteiger partial charge in [-0.25, -0.2) is 4.98 Å². The number of alkyl halides is 3. The molecule has 1 amide bonds. The Morgan fingerprint density at radius 2 is 2.11 bits per heavy atom. The maximum atomic E-state index is 12.8. The minimum absolute atomic E-state index is 0. The van der Waals surface area contributed by atoms with Crippen LogP contribution in [0.5, 0.6) is 5.88 Å². The predicted molar refractivity (Wildman–Crippen MR) is 93.9 cm³/mol. The molecule has 0 bridgehead atoms. The van der Waals surface area contributed by atoms with E-state index in [1.54, 1.807) is 23.4 Å². The summed E-state index contributed by atoms with van der Waals surface area (Å²) in [5.41, 5.74) is 1.20. The zero-order chi connectivity index (χ0) is 18.6. The van der Waals surface area contributed by atoms with E-state index in [-0.39, 0.29) is 30.2 Å². The van der Waals surface area contributed by atoms with Gasteiger partial charge in [0.05, 0.1) is 11.6 Å². The minimum Gasteiger partial charge on any atom is -0.468 e. The number of rotatable bonds is 4. The summed E-state index contributed by atoms with van der Waals surface area (Å²) in [6, 6.07) is 6.22. The molecule has 3 heterocycles. The molecule has 1 saturated heterocycles. The molecular weight excluding hydrogens is 385 g/mol. The van der Waals surface area contributed by atoms with Gasteiger partial charge in [-0.3, -0.25) is 9.78 Å². The summed E-state index contributed by atoms with van der Waals surface area (Å²) in [6.45, 7) is 0.333. The minimum atomic E-state index is -4.44. The van der Waals surface area contributed by atoms with Crippen molar-refractivity contribution in [2.24, 2.45) is 0 Å². The highest BCUT2D eigenvalue weighted by molar-refractivity contribution is 5.94. The summed E-state index contributed by atoms with van der Waals surface area (Å²) in [6.07, 6.45) is 0.171. The summed E-state index contributed by atoms with van der Waals surface area (Å²) in [7, 11) is 0. The highest BCUT2D eigenvalue weighted by Gasteiger charge is 2.30. The van der Waals surface area contributed by atoms with Crippen LogP contribution in [0.3, 0.4) is 0 Å². The number of piperazine rings is 1. The first-order chi connectivity index (χ1) is 12.4. The van der Waals surface area contributed by atoms with E-state index >= 15 is 0 Å². The van der Waals surface area contributed by atoms with E-state index in [2.05, 4.69) is 20.0 Å². The van der Waals surface area contributed by atoms with Gasteiger partial charge in [0.2, 0.25) is 5.88 Å². The van der Waals surface area contributed by atoms with E-state index in [4.69, 9.17) is 0 Å². The maximum Gasteiger partial charge on any atom is 0.422 e. The van der Waals surface area contributed by atoms with Crippen LogP contribution < -0.4 is 10.1 Å². The number of carbonyl (C=O) groups excluding carboxylic acids is 1. The van der Waals surface area contributed by atoms with Gasteiger partial charge in [0.1, 0.15) is 0 Å². The summed E-state index contributed by atoms with van der Waals surface area (Å²) >= 11 is 0. The Balaban J connectivity index is 0.00000261. The molecule has 146 valence electrons. The average Bonchev–Trinajstić information content (AvgIpc) is 2.66. The number of hydrogen-bond acceptors (Lipinski definition) is 5. The van der Waals surface area contributed by atoms with Crippen molar-refractivity contribution in [2.45, 2.75) is 12.2 Å². The Bertz CT molecular complexity index is 744. The number of nitrogens with zero attached hydrogens (tertiary/aromatic N) is 3. The third-order valence-corrected chi connectivity index (χ3v) is 3.94. The summed E-state index contributed by atoms with van der Waals surface area (Å²) in [5.74, 6) is -0.418. The Morgan fingerprint density at radius 3 is 2.74 bits per heavy atom. The highest BCUT2D eigenvalue weighted by atomic mass is 35.5. The van der Waals surface area contributed by atoms with Gasteiger partial charge in [-0.15, -0.1) is 12.4 Å². The number of halogens is 4. The molecule has 0 spiro atoms. The number of amides is 1. The molecule has 10 heteroatoms. The number of aromatic nitrogens is 2. The fraction of sp³-hybridized carbons (Fsp3) is 0.353. The lowest BCUT2D eigenvalue weighted by Gasteiger charge is -2.36. The lowest BCUT2D eigenvalue weighted by molar-refractivity contribution is -0.154. The molecule has 0 saturated carbocycles. The predicted octanol–water partition coefficient (Wildman–Crippen LogP) is 2.63. The van der Waals surface area contributed by atoms with Gasteiger partial charge in [0, 0.05) is 44.3 Å². The van der Waals surface area contributed by atoms with Gasteiger partial charge in [0.15, 0.2) is 6.61 Å². The molecule has 1 N–H and O–H groups in total. The van der Waals surface area contributed by atoms with E-state index in [9.17, 15) is 18.0 Å². The number of pyridine rings is 2. The monoisotopic (exact) mass is 402 g/mol.